The maximum Gasteiger partial charge on any atom is 0.211 e. The maximum atomic E-state index is 12.9. The van der Waals surface area contributed by atoms with Gasteiger partial charge in [-0.3, -0.25) is 4.57 Å². The van der Waals surface area contributed by atoms with Crippen LogP contribution in [0.5, 0.6) is 0 Å². The molecule has 0 bridgehead atoms. The fourth-order valence-corrected chi connectivity index (χ4v) is 4.42. The minimum atomic E-state index is -2.75. The van der Waals surface area contributed by atoms with Gasteiger partial charge in [0, 0.05) is 6.66 Å². The molecule has 2 aromatic carbocycles. The molecular weight excluding hydrogens is 255 g/mol. The van der Waals surface area contributed by atoms with E-state index in [-0.39, 0.29) is 5.66 Å². The van der Waals surface area contributed by atoms with Gasteiger partial charge in [-0.15, -0.1) is 0 Å². The Balaban J connectivity index is 2.49. The van der Waals surface area contributed by atoms with E-state index in [0.717, 1.165) is 11.1 Å². The molecule has 0 amide bonds. The van der Waals surface area contributed by atoms with E-state index in [1.54, 1.807) is 6.66 Å². The normalized spacial score (nSPS) is 14.3. The molecule has 0 N–H and O–H groups in total. The molecule has 1 atom stereocenters. The first-order valence-electron chi connectivity index (χ1n) is 6.47. The summed E-state index contributed by atoms with van der Waals surface area (Å²) < 4.78 is 18.4. The van der Waals surface area contributed by atoms with Crippen molar-refractivity contribution in [3.05, 3.63) is 71.8 Å². The molecule has 2 rings (SSSR count). The van der Waals surface area contributed by atoms with E-state index in [9.17, 15) is 4.57 Å². The molecule has 100 valence electrons. The van der Waals surface area contributed by atoms with Crippen LogP contribution in [0.15, 0.2) is 60.7 Å². The van der Waals surface area contributed by atoms with E-state index in [2.05, 4.69) is 0 Å². The van der Waals surface area contributed by atoms with Crippen LogP contribution >= 0.6 is 7.37 Å². The van der Waals surface area contributed by atoms with Crippen molar-refractivity contribution in [2.24, 2.45) is 0 Å². The second-order valence-corrected chi connectivity index (χ2v) is 7.14. The summed E-state index contributed by atoms with van der Waals surface area (Å²) in [5.41, 5.74) is 1.87. The Morgan fingerprint density at radius 1 is 0.947 bits per heavy atom. The number of hydrogen-bond acceptors (Lipinski definition) is 2. The van der Waals surface area contributed by atoms with Crippen molar-refractivity contribution in [2.75, 3.05) is 13.3 Å². The van der Waals surface area contributed by atoms with E-state index in [4.69, 9.17) is 4.52 Å². The maximum absolute atomic E-state index is 12.9. The lowest BCUT2D eigenvalue weighted by atomic mass is 10.0. The van der Waals surface area contributed by atoms with E-state index in [1.807, 2.05) is 67.6 Å². The van der Waals surface area contributed by atoms with Crippen LogP contribution in [0.2, 0.25) is 0 Å². The Morgan fingerprint density at radius 2 is 1.37 bits per heavy atom. The highest BCUT2D eigenvalue weighted by Crippen LogP contribution is 2.59. The van der Waals surface area contributed by atoms with Crippen molar-refractivity contribution in [3.8, 4) is 0 Å². The highest BCUT2D eigenvalue weighted by Gasteiger charge is 2.31. The minimum Gasteiger partial charge on any atom is -0.328 e. The summed E-state index contributed by atoms with van der Waals surface area (Å²) in [4.78, 5) is 0. The lowest BCUT2D eigenvalue weighted by Crippen LogP contribution is -2.04. The highest BCUT2D eigenvalue weighted by atomic mass is 31.2. The summed E-state index contributed by atoms with van der Waals surface area (Å²) in [7, 11) is -2.75. The Bertz CT molecular complexity index is 512. The SMILES string of the molecule is CCOP(C)(=O)C(c1ccccc1)c1ccccc1. The van der Waals surface area contributed by atoms with Gasteiger partial charge in [0.1, 0.15) is 0 Å². The van der Waals surface area contributed by atoms with E-state index < -0.39 is 7.37 Å². The molecule has 3 heteroatoms. The third-order valence-corrected chi connectivity index (χ3v) is 5.39. The Hall–Kier alpha value is -1.37. The fraction of sp³-hybridized carbons (Fsp3) is 0.250. The fourth-order valence-electron chi connectivity index (χ4n) is 2.34. The van der Waals surface area contributed by atoms with Gasteiger partial charge in [-0.2, -0.15) is 0 Å². The van der Waals surface area contributed by atoms with Gasteiger partial charge >= 0.3 is 0 Å². The van der Waals surface area contributed by atoms with Crippen LogP contribution in [0.1, 0.15) is 23.7 Å². The molecule has 1 unspecified atom stereocenters. The summed E-state index contributed by atoms with van der Waals surface area (Å²) in [5, 5.41) is 0. The Kier molecular flexibility index (Phi) is 4.57. The molecular formula is C16H19O2P. The van der Waals surface area contributed by atoms with Crippen molar-refractivity contribution in [1.29, 1.82) is 0 Å². The van der Waals surface area contributed by atoms with E-state index in [0.29, 0.717) is 6.61 Å². The first-order valence-corrected chi connectivity index (χ1v) is 8.61. The molecule has 0 spiro atoms. The average molecular weight is 274 g/mol. The predicted octanol–water partition coefficient (Wildman–Crippen LogP) is 4.72. The second kappa shape index (κ2) is 6.18. The largest absolute Gasteiger partial charge is 0.328 e. The molecule has 0 saturated carbocycles. The molecule has 0 aliphatic rings. The Morgan fingerprint density at radius 3 is 1.74 bits per heavy atom. The van der Waals surface area contributed by atoms with Gasteiger partial charge in [0.05, 0.1) is 12.3 Å². The van der Waals surface area contributed by atoms with Crippen LogP contribution in [-0.4, -0.2) is 13.3 Å². The third kappa shape index (κ3) is 3.34. The summed E-state index contributed by atoms with van der Waals surface area (Å²) >= 11 is 0. The molecule has 2 nitrogen and oxygen atoms in total. The number of rotatable bonds is 5. The lowest BCUT2D eigenvalue weighted by molar-refractivity contribution is 0.333. The molecule has 0 aliphatic carbocycles. The lowest BCUT2D eigenvalue weighted by Gasteiger charge is -2.25. The van der Waals surface area contributed by atoms with Crippen molar-refractivity contribution in [3.63, 3.8) is 0 Å². The average Bonchev–Trinajstić information content (AvgIpc) is 2.41. The van der Waals surface area contributed by atoms with Crippen LogP contribution in [-0.2, 0) is 9.09 Å². The summed E-state index contributed by atoms with van der Waals surface area (Å²) in [5.74, 6) is 0. The molecule has 0 aliphatic heterocycles. The quantitative estimate of drug-likeness (QED) is 0.737. The zero-order chi connectivity index (χ0) is 13.7. The van der Waals surface area contributed by atoms with Crippen molar-refractivity contribution in [1.82, 2.24) is 0 Å². The van der Waals surface area contributed by atoms with Gasteiger partial charge < -0.3 is 4.52 Å². The molecule has 0 radical (unpaired) electrons. The first-order chi connectivity index (χ1) is 9.15. The van der Waals surface area contributed by atoms with Gasteiger partial charge in [0.15, 0.2) is 0 Å². The van der Waals surface area contributed by atoms with Crippen molar-refractivity contribution < 1.29 is 9.09 Å². The molecule has 19 heavy (non-hydrogen) atoms. The summed E-state index contributed by atoms with van der Waals surface area (Å²) in [6, 6.07) is 19.8. The van der Waals surface area contributed by atoms with Crippen LogP contribution in [0.3, 0.4) is 0 Å². The van der Waals surface area contributed by atoms with E-state index in [1.165, 1.54) is 0 Å². The van der Waals surface area contributed by atoms with Gasteiger partial charge in [-0.1, -0.05) is 60.7 Å². The second-order valence-electron chi connectivity index (χ2n) is 4.55. The van der Waals surface area contributed by atoms with Crippen LogP contribution in [0.4, 0.5) is 0 Å². The zero-order valence-corrected chi connectivity index (χ0v) is 12.2. The van der Waals surface area contributed by atoms with Crippen molar-refractivity contribution in [2.45, 2.75) is 12.6 Å². The van der Waals surface area contributed by atoms with Crippen LogP contribution in [0, 0.1) is 0 Å². The molecule has 0 aromatic heterocycles. The zero-order valence-electron chi connectivity index (χ0n) is 11.3. The highest BCUT2D eigenvalue weighted by molar-refractivity contribution is 7.58. The molecule has 0 saturated heterocycles. The monoisotopic (exact) mass is 274 g/mol. The van der Waals surface area contributed by atoms with Gasteiger partial charge in [-0.05, 0) is 18.1 Å². The summed E-state index contributed by atoms with van der Waals surface area (Å²) in [6.45, 7) is 4.06. The van der Waals surface area contributed by atoms with E-state index >= 15 is 0 Å². The topological polar surface area (TPSA) is 26.3 Å². The standard InChI is InChI=1S/C16H19O2P/c1-3-18-19(2,17)16(14-10-6-4-7-11-14)15-12-8-5-9-13-15/h4-13,16H,3H2,1-2H3. The van der Waals surface area contributed by atoms with Crippen LogP contribution < -0.4 is 0 Å². The minimum absolute atomic E-state index is 0.199. The molecule has 0 fully saturated rings. The molecule has 0 heterocycles. The van der Waals surface area contributed by atoms with Gasteiger partial charge in [0.2, 0.25) is 7.37 Å². The smallest absolute Gasteiger partial charge is 0.211 e. The number of benzene rings is 2. The first kappa shape index (κ1) is 14.0. The number of hydrogen-bond donors (Lipinski definition) is 0. The molecule has 2 aromatic rings. The van der Waals surface area contributed by atoms with Crippen molar-refractivity contribution >= 4 is 7.37 Å². The van der Waals surface area contributed by atoms with Gasteiger partial charge in [-0.25, -0.2) is 0 Å². The summed E-state index contributed by atoms with van der Waals surface area (Å²) in [6.07, 6.45) is 0. The van der Waals surface area contributed by atoms with Crippen LogP contribution in [0.25, 0.3) is 0 Å². The predicted molar refractivity (Wildman–Crippen MR) is 79.9 cm³/mol. The van der Waals surface area contributed by atoms with Gasteiger partial charge in [0.25, 0.3) is 0 Å². The Labute approximate surface area is 114 Å². The third-order valence-electron chi connectivity index (χ3n) is 3.09.